The monoisotopic (exact) mass is 290 g/mol. The Morgan fingerprint density at radius 2 is 1.86 bits per heavy atom. The molecule has 0 saturated heterocycles. The molecule has 0 aromatic heterocycles. The van der Waals surface area contributed by atoms with E-state index >= 15 is 0 Å². The number of methoxy groups -OCH3 is 2. The molecule has 0 spiro atoms. The van der Waals surface area contributed by atoms with Gasteiger partial charge in [0, 0.05) is 25.5 Å². The molecule has 0 atom stereocenters. The zero-order valence-corrected chi connectivity index (χ0v) is 12.5. The van der Waals surface area contributed by atoms with Gasteiger partial charge < -0.3 is 18.9 Å². The first-order valence-electron chi connectivity index (χ1n) is 6.47. The number of cyclic esters (lactones) is 1. The highest BCUT2D eigenvalue weighted by molar-refractivity contribution is 5.84. The second-order valence-corrected chi connectivity index (χ2v) is 4.91. The second kappa shape index (κ2) is 5.91. The molecular formula is C16H18O5. The first kappa shape index (κ1) is 15.0. The lowest BCUT2D eigenvalue weighted by Gasteiger charge is -2.29. The molecule has 0 fully saturated rings. The standard InChI is InChI=1S/C16H18O5/c1-16(2)20-13(10-15(17)21-16)8-6-11-5-7-12(18-3)9-14(11)19-4/h5-10H,1-4H3/b8-6-. The Morgan fingerprint density at radius 1 is 1.10 bits per heavy atom. The van der Waals surface area contributed by atoms with Crippen molar-refractivity contribution in [2.75, 3.05) is 14.2 Å². The van der Waals surface area contributed by atoms with Crippen LogP contribution in [0, 0.1) is 0 Å². The lowest BCUT2D eigenvalue weighted by Crippen LogP contribution is -2.33. The van der Waals surface area contributed by atoms with E-state index in [9.17, 15) is 4.79 Å². The molecule has 1 heterocycles. The van der Waals surface area contributed by atoms with E-state index in [4.69, 9.17) is 18.9 Å². The summed E-state index contributed by atoms with van der Waals surface area (Å²) in [7, 11) is 3.18. The van der Waals surface area contributed by atoms with Crippen molar-refractivity contribution in [3.63, 3.8) is 0 Å². The molecule has 1 aliphatic rings. The number of esters is 1. The van der Waals surface area contributed by atoms with Crippen molar-refractivity contribution in [2.24, 2.45) is 0 Å². The summed E-state index contributed by atoms with van der Waals surface area (Å²) in [6.07, 6.45) is 4.81. The van der Waals surface area contributed by atoms with Gasteiger partial charge in [-0.1, -0.05) is 0 Å². The van der Waals surface area contributed by atoms with Crippen LogP contribution in [0.15, 0.2) is 36.1 Å². The van der Waals surface area contributed by atoms with E-state index in [0.29, 0.717) is 17.3 Å². The van der Waals surface area contributed by atoms with Crippen molar-refractivity contribution in [1.29, 1.82) is 0 Å². The van der Waals surface area contributed by atoms with E-state index in [1.54, 1.807) is 46.3 Å². The molecule has 0 unspecified atom stereocenters. The van der Waals surface area contributed by atoms with Crippen molar-refractivity contribution >= 4 is 12.0 Å². The highest BCUT2D eigenvalue weighted by Crippen LogP contribution is 2.27. The van der Waals surface area contributed by atoms with Crippen LogP contribution < -0.4 is 9.47 Å². The summed E-state index contributed by atoms with van der Waals surface area (Å²) in [4.78, 5) is 11.5. The Labute approximate surface area is 123 Å². The van der Waals surface area contributed by atoms with Gasteiger partial charge in [-0.25, -0.2) is 4.79 Å². The Hall–Kier alpha value is -2.43. The van der Waals surface area contributed by atoms with Crippen LogP contribution in [0.5, 0.6) is 11.5 Å². The third-order valence-electron chi connectivity index (χ3n) is 2.84. The van der Waals surface area contributed by atoms with Gasteiger partial charge in [0.1, 0.15) is 17.3 Å². The zero-order valence-electron chi connectivity index (χ0n) is 12.5. The van der Waals surface area contributed by atoms with Crippen LogP contribution in [0.3, 0.4) is 0 Å². The minimum atomic E-state index is -0.963. The Morgan fingerprint density at radius 3 is 2.48 bits per heavy atom. The Balaban J connectivity index is 2.23. The topological polar surface area (TPSA) is 54.0 Å². The number of benzene rings is 1. The molecule has 0 saturated carbocycles. The van der Waals surface area contributed by atoms with Gasteiger partial charge in [-0.3, -0.25) is 0 Å². The van der Waals surface area contributed by atoms with Gasteiger partial charge in [0.2, 0.25) is 5.79 Å². The van der Waals surface area contributed by atoms with Gasteiger partial charge in [0.15, 0.2) is 0 Å². The maximum absolute atomic E-state index is 11.5. The fraction of sp³-hybridized carbons (Fsp3) is 0.312. The maximum Gasteiger partial charge on any atom is 0.337 e. The minimum Gasteiger partial charge on any atom is -0.497 e. The van der Waals surface area contributed by atoms with E-state index in [0.717, 1.165) is 5.56 Å². The van der Waals surface area contributed by atoms with Gasteiger partial charge in [0.05, 0.1) is 20.3 Å². The van der Waals surface area contributed by atoms with Crippen LogP contribution >= 0.6 is 0 Å². The van der Waals surface area contributed by atoms with Crippen molar-refractivity contribution in [1.82, 2.24) is 0 Å². The van der Waals surface area contributed by atoms with Crippen molar-refractivity contribution in [2.45, 2.75) is 19.6 Å². The van der Waals surface area contributed by atoms with E-state index < -0.39 is 11.8 Å². The zero-order chi connectivity index (χ0) is 15.5. The van der Waals surface area contributed by atoms with Gasteiger partial charge in [-0.2, -0.15) is 0 Å². The molecule has 112 valence electrons. The number of carbonyl (C=O) groups is 1. The average molecular weight is 290 g/mol. The molecule has 1 aromatic carbocycles. The van der Waals surface area contributed by atoms with Crippen LogP contribution in [0.1, 0.15) is 19.4 Å². The molecule has 0 aliphatic carbocycles. The van der Waals surface area contributed by atoms with Crippen LogP contribution in [-0.2, 0) is 14.3 Å². The molecule has 1 aliphatic heterocycles. The molecule has 0 N–H and O–H groups in total. The molecular weight excluding hydrogens is 272 g/mol. The van der Waals surface area contributed by atoms with E-state index in [-0.39, 0.29) is 0 Å². The smallest absolute Gasteiger partial charge is 0.337 e. The predicted octanol–water partition coefficient (Wildman–Crippen LogP) is 2.91. The summed E-state index contributed by atoms with van der Waals surface area (Å²) in [6.45, 7) is 3.36. The third-order valence-corrected chi connectivity index (χ3v) is 2.84. The minimum absolute atomic E-state index is 0.424. The average Bonchev–Trinajstić information content (AvgIpc) is 2.42. The number of rotatable bonds is 4. The highest BCUT2D eigenvalue weighted by atomic mass is 16.7. The van der Waals surface area contributed by atoms with Crippen molar-refractivity contribution in [3.05, 3.63) is 41.7 Å². The quantitative estimate of drug-likeness (QED) is 0.798. The van der Waals surface area contributed by atoms with E-state index in [1.807, 2.05) is 12.1 Å². The summed E-state index contributed by atoms with van der Waals surface area (Å²) >= 11 is 0. The molecule has 2 rings (SSSR count). The van der Waals surface area contributed by atoms with Crippen LogP contribution in [0.25, 0.3) is 6.08 Å². The predicted molar refractivity (Wildman–Crippen MR) is 77.9 cm³/mol. The number of allylic oxidation sites excluding steroid dienone is 1. The summed E-state index contributed by atoms with van der Waals surface area (Å²) in [5.74, 6) is 0.433. The third kappa shape index (κ3) is 3.78. The largest absolute Gasteiger partial charge is 0.497 e. The second-order valence-electron chi connectivity index (χ2n) is 4.91. The first-order chi connectivity index (χ1) is 9.93. The summed E-state index contributed by atoms with van der Waals surface area (Å²) in [5.41, 5.74) is 0.847. The number of carbonyl (C=O) groups excluding carboxylic acids is 1. The fourth-order valence-electron chi connectivity index (χ4n) is 1.93. The first-order valence-corrected chi connectivity index (χ1v) is 6.47. The highest BCUT2D eigenvalue weighted by Gasteiger charge is 2.29. The molecule has 5 nitrogen and oxygen atoms in total. The van der Waals surface area contributed by atoms with Gasteiger partial charge in [0.25, 0.3) is 0 Å². The van der Waals surface area contributed by atoms with Crippen molar-refractivity contribution in [3.8, 4) is 11.5 Å². The fourth-order valence-corrected chi connectivity index (χ4v) is 1.93. The van der Waals surface area contributed by atoms with Gasteiger partial charge in [-0.05, 0) is 24.3 Å². The number of hydrogen-bond acceptors (Lipinski definition) is 5. The SMILES string of the molecule is COc1ccc(/C=C\C2=CC(=O)OC(C)(C)O2)c(OC)c1. The lowest BCUT2D eigenvalue weighted by atomic mass is 10.1. The molecule has 1 aromatic rings. The molecule has 0 bridgehead atoms. The van der Waals surface area contributed by atoms with Gasteiger partial charge in [-0.15, -0.1) is 0 Å². The van der Waals surface area contributed by atoms with Crippen molar-refractivity contribution < 1.29 is 23.7 Å². The molecule has 5 heteroatoms. The van der Waals surface area contributed by atoms with E-state index in [2.05, 4.69) is 0 Å². The van der Waals surface area contributed by atoms with Crippen LogP contribution in [0.2, 0.25) is 0 Å². The van der Waals surface area contributed by atoms with Crippen LogP contribution in [0.4, 0.5) is 0 Å². The summed E-state index contributed by atoms with van der Waals surface area (Å²) in [5, 5.41) is 0. The van der Waals surface area contributed by atoms with E-state index in [1.165, 1.54) is 6.08 Å². The number of ether oxygens (including phenoxy) is 4. The molecule has 21 heavy (non-hydrogen) atoms. The van der Waals surface area contributed by atoms with Gasteiger partial charge >= 0.3 is 5.97 Å². The number of hydrogen-bond donors (Lipinski definition) is 0. The Bertz CT molecular complexity index is 599. The molecule has 0 amide bonds. The maximum atomic E-state index is 11.5. The Kier molecular flexibility index (Phi) is 4.21. The summed E-state index contributed by atoms with van der Waals surface area (Å²) < 4.78 is 21.0. The summed E-state index contributed by atoms with van der Waals surface area (Å²) in [6, 6.07) is 5.48. The van der Waals surface area contributed by atoms with Crippen LogP contribution in [-0.4, -0.2) is 26.0 Å². The lowest BCUT2D eigenvalue weighted by molar-refractivity contribution is -0.203. The normalized spacial score (nSPS) is 17.0. The molecule has 0 radical (unpaired) electrons.